The van der Waals surface area contributed by atoms with Crippen LogP contribution in [0, 0.1) is 0 Å². The minimum Gasteiger partial charge on any atom is -0.484 e. The molecule has 1 amide bonds. The van der Waals surface area contributed by atoms with Crippen LogP contribution in [-0.2, 0) is 9.59 Å². The van der Waals surface area contributed by atoms with E-state index in [4.69, 9.17) is 9.84 Å². The Morgan fingerprint density at radius 3 is 2.70 bits per heavy atom. The molecule has 1 N–H and O–H groups in total. The predicted molar refractivity (Wildman–Crippen MR) is 78.7 cm³/mol. The lowest BCUT2D eigenvalue weighted by molar-refractivity contribution is -0.147. The van der Waals surface area contributed by atoms with Crippen molar-refractivity contribution >= 4 is 27.8 Å². The number of aliphatic carboxylic acids is 1. The largest absolute Gasteiger partial charge is 0.484 e. The van der Waals surface area contributed by atoms with Crippen LogP contribution in [0.5, 0.6) is 5.75 Å². The first-order valence-corrected chi connectivity index (χ1v) is 7.13. The first-order chi connectivity index (χ1) is 9.43. The zero-order chi connectivity index (χ0) is 15.1. The molecule has 0 radical (unpaired) electrons. The Morgan fingerprint density at radius 2 is 2.15 bits per heavy atom. The number of halogens is 1. The summed E-state index contributed by atoms with van der Waals surface area (Å²) in [5.41, 5.74) is 0. The second-order valence-corrected chi connectivity index (χ2v) is 5.33. The molecular weight excluding hydrogens is 326 g/mol. The SMILES string of the molecule is CCC(C)N(CC(=O)O)C(=O)COc1cccc(Br)c1. The minimum absolute atomic E-state index is 0.135. The van der Waals surface area contributed by atoms with Crippen molar-refractivity contribution in [2.45, 2.75) is 26.3 Å². The first-order valence-electron chi connectivity index (χ1n) is 6.33. The van der Waals surface area contributed by atoms with Crippen LogP contribution in [0.15, 0.2) is 28.7 Å². The maximum atomic E-state index is 12.1. The highest BCUT2D eigenvalue weighted by Gasteiger charge is 2.21. The number of hydrogen-bond donors (Lipinski definition) is 1. The average Bonchev–Trinajstić information content (AvgIpc) is 2.41. The number of carboxylic acids is 1. The van der Waals surface area contributed by atoms with Crippen molar-refractivity contribution in [2.24, 2.45) is 0 Å². The third-order valence-electron chi connectivity index (χ3n) is 2.91. The second kappa shape index (κ2) is 7.89. The van der Waals surface area contributed by atoms with Crippen LogP contribution in [0.25, 0.3) is 0 Å². The van der Waals surface area contributed by atoms with E-state index in [0.29, 0.717) is 12.2 Å². The van der Waals surface area contributed by atoms with Gasteiger partial charge in [-0.3, -0.25) is 9.59 Å². The van der Waals surface area contributed by atoms with Gasteiger partial charge in [0.05, 0.1) is 0 Å². The molecule has 0 aliphatic heterocycles. The molecule has 1 aromatic rings. The van der Waals surface area contributed by atoms with Gasteiger partial charge in [0.15, 0.2) is 6.61 Å². The molecule has 0 aliphatic rings. The number of amides is 1. The molecular formula is C14H18BrNO4. The van der Waals surface area contributed by atoms with Gasteiger partial charge in [0.2, 0.25) is 0 Å². The fourth-order valence-electron chi connectivity index (χ4n) is 1.64. The van der Waals surface area contributed by atoms with Gasteiger partial charge < -0.3 is 14.7 Å². The lowest BCUT2D eigenvalue weighted by atomic mass is 10.2. The number of carbonyl (C=O) groups excluding carboxylic acids is 1. The number of carboxylic acid groups (broad SMARTS) is 1. The van der Waals surface area contributed by atoms with Gasteiger partial charge >= 0.3 is 5.97 Å². The monoisotopic (exact) mass is 343 g/mol. The van der Waals surface area contributed by atoms with Gasteiger partial charge in [-0.1, -0.05) is 28.9 Å². The molecule has 6 heteroatoms. The number of benzene rings is 1. The van der Waals surface area contributed by atoms with Crippen molar-refractivity contribution in [2.75, 3.05) is 13.2 Å². The van der Waals surface area contributed by atoms with E-state index in [0.717, 1.165) is 4.47 Å². The second-order valence-electron chi connectivity index (χ2n) is 4.42. The van der Waals surface area contributed by atoms with Crippen LogP contribution < -0.4 is 4.74 Å². The van der Waals surface area contributed by atoms with Gasteiger partial charge in [0, 0.05) is 10.5 Å². The quantitative estimate of drug-likeness (QED) is 0.826. The highest BCUT2D eigenvalue weighted by atomic mass is 79.9. The molecule has 1 atom stereocenters. The third kappa shape index (κ3) is 5.21. The molecule has 110 valence electrons. The van der Waals surface area contributed by atoms with Crippen molar-refractivity contribution in [3.05, 3.63) is 28.7 Å². The average molecular weight is 344 g/mol. The fraction of sp³-hybridized carbons (Fsp3) is 0.429. The molecule has 0 aromatic heterocycles. The van der Waals surface area contributed by atoms with Crippen LogP contribution in [-0.4, -0.2) is 41.1 Å². The zero-order valence-corrected chi connectivity index (χ0v) is 13.1. The van der Waals surface area contributed by atoms with Crippen LogP contribution in [0.4, 0.5) is 0 Å². The highest BCUT2D eigenvalue weighted by Crippen LogP contribution is 2.17. The smallest absolute Gasteiger partial charge is 0.323 e. The first kappa shape index (κ1) is 16.5. The van der Waals surface area contributed by atoms with Crippen molar-refractivity contribution in [1.82, 2.24) is 4.90 Å². The molecule has 0 aliphatic carbocycles. The summed E-state index contributed by atoms with van der Waals surface area (Å²) in [6.07, 6.45) is 0.690. The maximum Gasteiger partial charge on any atom is 0.323 e. The fourth-order valence-corrected chi connectivity index (χ4v) is 2.02. The summed E-state index contributed by atoms with van der Waals surface area (Å²) < 4.78 is 6.25. The van der Waals surface area contributed by atoms with Gasteiger partial charge in [-0.25, -0.2) is 0 Å². The van der Waals surface area contributed by atoms with Crippen molar-refractivity contribution in [3.63, 3.8) is 0 Å². The zero-order valence-electron chi connectivity index (χ0n) is 11.5. The molecule has 0 heterocycles. The van der Waals surface area contributed by atoms with Gasteiger partial charge in [-0.2, -0.15) is 0 Å². The van der Waals surface area contributed by atoms with Crippen LogP contribution >= 0.6 is 15.9 Å². The lowest BCUT2D eigenvalue weighted by Crippen LogP contribution is -2.44. The van der Waals surface area contributed by atoms with E-state index in [1.54, 1.807) is 18.2 Å². The summed E-state index contributed by atoms with van der Waals surface area (Å²) in [7, 11) is 0. The summed E-state index contributed by atoms with van der Waals surface area (Å²) in [6.45, 7) is 3.24. The molecule has 0 saturated carbocycles. The molecule has 0 fully saturated rings. The Kier molecular flexibility index (Phi) is 6.51. The van der Waals surface area contributed by atoms with Crippen LogP contribution in [0.3, 0.4) is 0 Å². The van der Waals surface area contributed by atoms with Crippen molar-refractivity contribution in [1.29, 1.82) is 0 Å². The number of hydrogen-bond acceptors (Lipinski definition) is 3. The minimum atomic E-state index is -1.03. The number of ether oxygens (including phenoxy) is 1. The Bertz CT molecular complexity index is 478. The molecule has 1 rings (SSSR count). The summed E-state index contributed by atoms with van der Waals surface area (Å²) in [5, 5.41) is 8.86. The van der Waals surface area contributed by atoms with E-state index in [2.05, 4.69) is 15.9 Å². The summed E-state index contributed by atoms with van der Waals surface area (Å²) in [4.78, 5) is 24.2. The highest BCUT2D eigenvalue weighted by molar-refractivity contribution is 9.10. The Labute approximate surface area is 126 Å². The molecule has 20 heavy (non-hydrogen) atoms. The van der Waals surface area contributed by atoms with Gasteiger partial charge in [-0.15, -0.1) is 0 Å². The Hall–Kier alpha value is -1.56. The van der Waals surface area contributed by atoms with E-state index in [9.17, 15) is 9.59 Å². The summed E-state index contributed by atoms with van der Waals surface area (Å²) >= 11 is 3.31. The van der Waals surface area contributed by atoms with Crippen LogP contribution in [0.1, 0.15) is 20.3 Å². The lowest BCUT2D eigenvalue weighted by Gasteiger charge is -2.26. The van der Waals surface area contributed by atoms with Gasteiger partial charge in [-0.05, 0) is 31.5 Å². The van der Waals surface area contributed by atoms with E-state index >= 15 is 0 Å². The van der Waals surface area contributed by atoms with Crippen LogP contribution in [0.2, 0.25) is 0 Å². The summed E-state index contributed by atoms with van der Waals surface area (Å²) in [5.74, 6) is -0.796. The van der Waals surface area contributed by atoms with E-state index < -0.39 is 5.97 Å². The standard InChI is InChI=1S/C14H18BrNO4/c1-3-10(2)16(8-14(18)19)13(17)9-20-12-6-4-5-11(15)7-12/h4-7,10H,3,8-9H2,1-2H3,(H,18,19). The molecule has 1 aromatic carbocycles. The Balaban J connectivity index is 2.64. The molecule has 0 saturated heterocycles. The number of nitrogens with zero attached hydrogens (tertiary/aromatic N) is 1. The van der Waals surface area contributed by atoms with Crippen molar-refractivity contribution < 1.29 is 19.4 Å². The molecule has 1 unspecified atom stereocenters. The Morgan fingerprint density at radius 1 is 1.45 bits per heavy atom. The number of carbonyl (C=O) groups is 2. The van der Waals surface area contributed by atoms with E-state index in [-0.39, 0.29) is 25.1 Å². The normalized spacial score (nSPS) is 11.8. The van der Waals surface area contributed by atoms with Crippen molar-refractivity contribution in [3.8, 4) is 5.75 Å². The van der Waals surface area contributed by atoms with Gasteiger partial charge in [0.1, 0.15) is 12.3 Å². The molecule has 0 spiro atoms. The third-order valence-corrected chi connectivity index (χ3v) is 3.40. The van der Waals surface area contributed by atoms with E-state index in [1.165, 1.54) is 4.90 Å². The molecule has 5 nitrogen and oxygen atoms in total. The summed E-state index contributed by atoms with van der Waals surface area (Å²) in [6, 6.07) is 7.00. The number of rotatable bonds is 7. The molecule has 0 bridgehead atoms. The van der Waals surface area contributed by atoms with Gasteiger partial charge in [0.25, 0.3) is 5.91 Å². The maximum absolute atomic E-state index is 12.1. The predicted octanol–water partition coefficient (Wildman–Crippen LogP) is 2.54. The van der Waals surface area contributed by atoms with E-state index in [1.807, 2.05) is 19.9 Å². The topological polar surface area (TPSA) is 66.8 Å².